The monoisotopic (exact) mass is 235 g/mol. The van der Waals surface area contributed by atoms with E-state index in [4.69, 9.17) is 5.11 Å². The van der Waals surface area contributed by atoms with Gasteiger partial charge in [-0.1, -0.05) is 17.7 Å². The molecule has 1 rings (SSSR count). The van der Waals surface area contributed by atoms with E-state index in [1.165, 1.54) is 11.1 Å². The Morgan fingerprint density at radius 3 is 2.41 bits per heavy atom. The van der Waals surface area contributed by atoms with Crippen molar-refractivity contribution in [3.63, 3.8) is 0 Å². The number of benzene rings is 1. The first-order valence-corrected chi connectivity index (χ1v) is 5.77. The van der Waals surface area contributed by atoms with E-state index in [-0.39, 0.29) is 6.42 Å². The van der Waals surface area contributed by atoms with Gasteiger partial charge in [0.05, 0.1) is 6.42 Å². The molecule has 94 valence electrons. The molecule has 0 radical (unpaired) electrons. The van der Waals surface area contributed by atoms with Crippen LogP contribution >= 0.6 is 0 Å². The summed E-state index contributed by atoms with van der Waals surface area (Å²) < 4.78 is 0. The summed E-state index contributed by atoms with van der Waals surface area (Å²) in [6, 6.07) is 6.21. The van der Waals surface area contributed by atoms with Gasteiger partial charge in [0.15, 0.2) is 0 Å². The molecule has 0 unspecified atom stereocenters. The van der Waals surface area contributed by atoms with Crippen LogP contribution in [0.15, 0.2) is 18.2 Å². The van der Waals surface area contributed by atoms with Gasteiger partial charge < -0.3 is 10.0 Å². The molecule has 0 bridgehead atoms. The molecule has 0 heterocycles. The van der Waals surface area contributed by atoms with Crippen molar-refractivity contribution in [2.24, 2.45) is 0 Å². The van der Waals surface area contributed by atoms with Crippen molar-refractivity contribution in [2.45, 2.75) is 39.7 Å². The Labute approximate surface area is 103 Å². The van der Waals surface area contributed by atoms with E-state index in [1.807, 2.05) is 31.9 Å². The van der Waals surface area contributed by atoms with Crippen LogP contribution in [0.1, 0.15) is 31.4 Å². The maximum Gasteiger partial charge on any atom is 0.305 e. The number of hydrogen-bond acceptors (Lipinski definition) is 2. The molecule has 0 aliphatic carbocycles. The van der Waals surface area contributed by atoms with Gasteiger partial charge in [-0.15, -0.1) is 0 Å². The van der Waals surface area contributed by atoms with Crippen LogP contribution in [0.3, 0.4) is 0 Å². The number of carboxylic acids is 1. The van der Waals surface area contributed by atoms with Crippen LogP contribution in [-0.4, -0.2) is 23.7 Å². The maximum absolute atomic E-state index is 10.9. The first-order valence-electron chi connectivity index (χ1n) is 5.77. The fourth-order valence-electron chi connectivity index (χ4n) is 2.00. The van der Waals surface area contributed by atoms with Crippen LogP contribution in [0.25, 0.3) is 0 Å². The first kappa shape index (κ1) is 13.6. The average Bonchev–Trinajstić information content (AvgIpc) is 2.14. The van der Waals surface area contributed by atoms with Gasteiger partial charge in [-0.05, 0) is 39.3 Å². The van der Waals surface area contributed by atoms with Crippen LogP contribution in [0.4, 0.5) is 5.69 Å². The number of rotatable bonds is 4. The van der Waals surface area contributed by atoms with Gasteiger partial charge >= 0.3 is 5.97 Å². The van der Waals surface area contributed by atoms with Gasteiger partial charge in [-0.2, -0.15) is 0 Å². The largest absolute Gasteiger partial charge is 0.481 e. The van der Waals surface area contributed by atoms with Crippen LogP contribution in [0, 0.1) is 13.8 Å². The molecular weight excluding hydrogens is 214 g/mol. The number of nitrogens with zero attached hydrogens (tertiary/aromatic N) is 1. The standard InChI is InChI=1S/C14H21NO2/c1-10-6-7-12(11(2)8-10)15(5)14(3,4)9-13(16)17/h6-8H,9H2,1-5H3,(H,16,17). The van der Waals surface area contributed by atoms with E-state index in [0.29, 0.717) is 0 Å². The predicted molar refractivity (Wildman–Crippen MR) is 70.7 cm³/mol. The summed E-state index contributed by atoms with van der Waals surface area (Å²) in [4.78, 5) is 12.9. The maximum atomic E-state index is 10.9. The molecule has 0 amide bonds. The van der Waals surface area contributed by atoms with E-state index in [9.17, 15) is 4.79 Å². The number of hydrogen-bond donors (Lipinski definition) is 1. The molecular formula is C14H21NO2. The Bertz CT molecular complexity index is 424. The Kier molecular flexibility index (Phi) is 3.81. The molecule has 0 aliphatic rings. The van der Waals surface area contributed by atoms with E-state index in [2.05, 4.69) is 26.0 Å². The number of aryl methyl sites for hydroxylation is 2. The zero-order valence-electron chi connectivity index (χ0n) is 11.2. The summed E-state index contributed by atoms with van der Waals surface area (Å²) in [6.45, 7) is 8.00. The Morgan fingerprint density at radius 2 is 1.94 bits per heavy atom. The summed E-state index contributed by atoms with van der Waals surface area (Å²) in [5, 5.41) is 8.93. The van der Waals surface area contributed by atoms with E-state index in [0.717, 1.165) is 5.69 Å². The number of aliphatic carboxylic acids is 1. The van der Waals surface area contributed by atoms with Crippen LogP contribution in [0.5, 0.6) is 0 Å². The first-order chi connectivity index (χ1) is 7.74. The highest BCUT2D eigenvalue weighted by Gasteiger charge is 2.27. The summed E-state index contributed by atoms with van der Waals surface area (Å²) in [7, 11) is 1.95. The number of carboxylic acid groups (broad SMARTS) is 1. The van der Waals surface area contributed by atoms with Crippen molar-refractivity contribution in [1.82, 2.24) is 0 Å². The van der Waals surface area contributed by atoms with Crippen molar-refractivity contribution in [3.05, 3.63) is 29.3 Å². The van der Waals surface area contributed by atoms with Gasteiger partial charge in [-0.3, -0.25) is 4.79 Å². The van der Waals surface area contributed by atoms with Crippen LogP contribution in [0.2, 0.25) is 0 Å². The molecule has 0 fully saturated rings. The minimum absolute atomic E-state index is 0.122. The third kappa shape index (κ3) is 3.22. The van der Waals surface area contributed by atoms with Crippen molar-refractivity contribution in [1.29, 1.82) is 0 Å². The summed E-state index contributed by atoms with van der Waals surface area (Å²) in [5.74, 6) is -0.772. The smallest absolute Gasteiger partial charge is 0.305 e. The zero-order chi connectivity index (χ0) is 13.2. The highest BCUT2D eigenvalue weighted by atomic mass is 16.4. The summed E-state index contributed by atoms with van der Waals surface area (Å²) >= 11 is 0. The molecule has 0 saturated carbocycles. The topological polar surface area (TPSA) is 40.5 Å². The normalized spacial score (nSPS) is 11.4. The van der Waals surface area contributed by atoms with Gasteiger partial charge in [0.25, 0.3) is 0 Å². The third-order valence-corrected chi connectivity index (χ3v) is 3.21. The molecule has 0 saturated heterocycles. The fourth-order valence-corrected chi connectivity index (χ4v) is 2.00. The second-order valence-corrected chi connectivity index (χ2v) is 5.23. The molecule has 3 nitrogen and oxygen atoms in total. The second kappa shape index (κ2) is 4.78. The predicted octanol–water partition coefficient (Wildman–Crippen LogP) is 2.99. The molecule has 0 atom stereocenters. The van der Waals surface area contributed by atoms with Crippen LogP contribution < -0.4 is 4.90 Å². The minimum atomic E-state index is -0.772. The van der Waals surface area contributed by atoms with Crippen LogP contribution in [-0.2, 0) is 4.79 Å². The van der Waals surface area contributed by atoms with Gasteiger partial charge in [0.2, 0.25) is 0 Å². The molecule has 1 aromatic rings. The molecule has 1 N–H and O–H groups in total. The van der Waals surface area contributed by atoms with Gasteiger partial charge in [0.1, 0.15) is 0 Å². The minimum Gasteiger partial charge on any atom is -0.481 e. The zero-order valence-corrected chi connectivity index (χ0v) is 11.2. The molecule has 0 aliphatic heterocycles. The second-order valence-electron chi connectivity index (χ2n) is 5.23. The van der Waals surface area contributed by atoms with Crippen molar-refractivity contribution in [3.8, 4) is 0 Å². The Balaban J connectivity index is 3.03. The SMILES string of the molecule is Cc1ccc(N(C)C(C)(C)CC(=O)O)c(C)c1. The lowest BCUT2D eigenvalue weighted by Crippen LogP contribution is -2.43. The quantitative estimate of drug-likeness (QED) is 0.872. The lowest BCUT2D eigenvalue weighted by atomic mass is 9.96. The molecule has 0 aromatic heterocycles. The van der Waals surface area contributed by atoms with Gasteiger partial charge in [-0.25, -0.2) is 0 Å². The number of anilines is 1. The molecule has 0 spiro atoms. The van der Waals surface area contributed by atoms with E-state index >= 15 is 0 Å². The summed E-state index contributed by atoms with van der Waals surface area (Å²) in [6.07, 6.45) is 0.122. The fraction of sp³-hybridized carbons (Fsp3) is 0.500. The molecule has 3 heteroatoms. The Hall–Kier alpha value is -1.51. The van der Waals surface area contributed by atoms with Crippen molar-refractivity contribution < 1.29 is 9.90 Å². The Morgan fingerprint density at radius 1 is 1.35 bits per heavy atom. The highest BCUT2D eigenvalue weighted by molar-refractivity contribution is 5.70. The summed E-state index contributed by atoms with van der Waals surface area (Å²) in [5.41, 5.74) is 3.08. The van der Waals surface area contributed by atoms with Gasteiger partial charge in [0, 0.05) is 18.3 Å². The molecule has 17 heavy (non-hydrogen) atoms. The average molecular weight is 235 g/mol. The van der Waals surface area contributed by atoms with E-state index < -0.39 is 11.5 Å². The number of carbonyl (C=O) groups is 1. The lowest BCUT2D eigenvalue weighted by molar-refractivity contribution is -0.138. The lowest BCUT2D eigenvalue weighted by Gasteiger charge is -2.37. The molecule has 1 aromatic carbocycles. The van der Waals surface area contributed by atoms with Crippen molar-refractivity contribution >= 4 is 11.7 Å². The van der Waals surface area contributed by atoms with E-state index in [1.54, 1.807) is 0 Å². The van der Waals surface area contributed by atoms with Crippen molar-refractivity contribution in [2.75, 3.05) is 11.9 Å². The highest BCUT2D eigenvalue weighted by Crippen LogP contribution is 2.28. The third-order valence-electron chi connectivity index (χ3n) is 3.21.